The highest BCUT2D eigenvalue weighted by Gasteiger charge is 2.42. The van der Waals surface area contributed by atoms with Crippen molar-refractivity contribution in [2.24, 2.45) is 0 Å². The van der Waals surface area contributed by atoms with E-state index < -0.39 is 0 Å². The molecule has 19 aromatic rings. The van der Waals surface area contributed by atoms with E-state index in [-0.39, 0.29) is 10.8 Å². The maximum absolute atomic E-state index is 5.42. The van der Waals surface area contributed by atoms with Crippen LogP contribution in [0.1, 0.15) is 49.9 Å². The van der Waals surface area contributed by atoms with Gasteiger partial charge in [-0.3, -0.25) is 4.57 Å². The molecule has 0 bridgehead atoms. The van der Waals surface area contributed by atoms with Gasteiger partial charge in [0.1, 0.15) is 10.8 Å². The number of hydrogen-bond acceptors (Lipinski definition) is 9. The quantitative estimate of drug-likeness (QED) is 0.143. The highest BCUT2D eigenvalue weighted by Crippen LogP contribution is 2.54. The Morgan fingerprint density at radius 2 is 0.663 bits per heavy atom. The summed E-state index contributed by atoms with van der Waals surface area (Å²) in [6.45, 7) is 9.20. The molecule has 2 aliphatic rings. The Morgan fingerprint density at radius 3 is 1.19 bits per heavy atom. The summed E-state index contributed by atoms with van der Waals surface area (Å²) >= 11 is 5.45. The Kier molecular flexibility index (Phi) is 14.4. The van der Waals surface area contributed by atoms with Crippen molar-refractivity contribution in [3.05, 3.63) is 332 Å². The number of rotatable bonds is 9. The van der Waals surface area contributed by atoms with E-state index in [1.807, 2.05) is 40.9 Å². The van der Waals surface area contributed by atoms with Crippen LogP contribution in [0, 0.1) is 0 Å². The van der Waals surface area contributed by atoms with Gasteiger partial charge in [0.05, 0.1) is 44.0 Å². The highest BCUT2D eigenvalue weighted by molar-refractivity contribution is 7.26. The molecule has 0 unspecified atom stereocenters. The number of thiophene rings is 2. The van der Waals surface area contributed by atoms with Gasteiger partial charge in [-0.1, -0.05) is 289 Å². The number of imidazole rings is 1. The van der Waals surface area contributed by atoms with Crippen molar-refractivity contribution in [2.45, 2.75) is 38.5 Å². The maximum Gasteiger partial charge on any atom is 0.160 e. The minimum Gasteiger partial charge on any atom is -0.292 e. The van der Waals surface area contributed by atoms with Crippen LogP contribution in [0.4, 0.5) is 0 Å². The van der Waals surface area contributed by atoms with Crippen LogP contribution in [-0.4, -0.2) is 34.5 Å². The average molecular weight is 1390 g/mol. The van der Waals surface area contributed by atoms with Gasteiger partial charge in [-0.15, -0.1) is 34.0 Å². The number of fused-ring (bicyclic) bond motifs is 14. The van der Waals surface area contributed by atoms with E-state index in [4.69, 9.17) is 29.9 Å². The van der Waals surface area contributed by atoms with Crippen LogP contribution in [-0.2, 0) is 10.8 Å². The molecule has 0 saturated heterocycles. The summed E-state index contributed by atoms with van der Waals surface area (Å²) < 4.78 is 8.71. The molecule has 0 N–H and O–H groups in total. The molecule has 13 aromatic carbocycles. The third-order valence-corrected chi connectivity index (χ3v) is 24.7. The van der Waals surface area contributed by atoms with Crippen LogP contribution in [0.3, 0.4) is 0 Å². The van der Waals surface area contributed by atoms with Gasteiger partial charge in [0.2, 0.25) is 0 Å². The summed E-state index contributed by atoms with van der Waals surface area (Å²) in [5, 5.41) is 6.28. The topological polar surface area (TPSA) is 82.3 Å². The summed E-state index contributed by atoms with van der Waals surface area (Å²) in [6.07, 6.45) is 0. The van der Waals surface area contributed by atoms with Gasteiger partial charge in [-0.25, -0.2) is 29.9 Å². The van der Waals surface area contributed by atoms with Crippen molar-refractivity contribution in [2.75, 3.05) is 0 Å². The highest BCUT2D eigenvalue weighted by atomic mass is 32.1. The molecule has 21 rings (SSSR count). The van der Waals surface area contributed by atoms with Crippen LogP contribution in [0.15, 0.2) is 309 Å². The lowest BCUT2D eigenvalue weighted by Gasteiger charge is -2.24. The van der Waals surface area contributed by atoms with Crippen molar-refractivity contribution in [1.29, 1.82) is 0 Å². The largest absolute Gasteiger partial charge is 0.292 e. The normalized spacial score (nSPS) is 13.2. The molecule has 0 atom stereocenters. The number of aromatic nitrogens is 7. The number of nitrogens with zero attached hydrogens (tertiary/aromatic N) is 7. The zero-order valence-corrected chi connectivity index (χ0v) is 59.7. The van der Waals surface area contributed by atoms with Gasteiger partial charge >= 0.3 is 0 Å². The van der Waals surface area contributed by atoms with Crippen molar-refractivity contribution in [1.82, 2.24) is 34.5 Å². The molecular formula is C94H63N7S3. The molecule has 0 saturated carbocycles. The number of benzene rings is 13. The Bertz CT molecular complexity index is 6610. The van der Waals surface area contributed by atoms with Crippen molar-refractivity contribution in [3.8, 4) is 118 Å². The first-order valence-electron chi connectivity index (χ1n) is 35.2. The van der Waals surface area contributed by atoms with Gasteiger partial charge < -0.3 is 0 Å². The van der Waals surface area contributed by atoms with Crippen LogP contribution >= 0.6 is 34.0 Å². The van der Waals surface area contributed by atoms with Gasteiger partial charge in [0.25, 0.3) is 0 Å². The Balaban J connectivity index is 0.000000139. The summed E-state index contributed by atoms with van der Waals surface area (Å²) in [5.41, 5.74) is 26.1. The Labute approximate surface area is 613 Å². The smallest absolute Gasteiger partial charge is 0.160 e. The maximum atomic E-state index is 5.42. The lowest BCUT2D eigenvalue weighted by Crippen LogP contribution is -2.17. The zero-order valence-electron chi connectivity index (χ0n) is 57.3. The monoisotopic (exact) mass is 1390 g/mol. The molecule has 104 heavy (non-hydrogen) atoms. The summed E-state index contributed by atoms with van der Waals surface area (Å²) in [6, 6.07) is 110. The second kappa shape index (κ2) is 24.3. The standard InChI is InChI=1S/C50H34N4S.C44H29N3S2/c1-50(2)40-19-8-6-16-39(40)46-44(50)45(32-25-23-31(24-26-32)36-17-12-18-38-37-15-7-11-22-43(37)55-47(36)38)52-48(53-46)33-27-29-34(30-28-33)49-51-41-20-9-10-21-42(41)54(49)35-13-4-3-5-14-35;1-44(2)34-14-5-3-11-33(34)40-38(44)39(46-42(47-40)28-22-24-29(25-23-28)43-45-35-15-6-8-17-37(35)49-43)27-20-18-26(19-21-27)30-12-9-13-32-31-10-4-7-16-36(31)48-41(30)32/h3-30H,1-2H3;3-25H,1-2H3. The number of para-hydroxylation sites is 4. The minimum atomic E-state index is -0.262. The average Bonchev–Trinajstić information content (AvgIpc) is 1.56. The lowest BCUT2D eigenvalue weighted by molar-refractivity contribution is 0.657. The minimum absolute atomic E-state index is 0.238. The summed E-state index contributed by atoms with van der Waals surface area (Å²) in [7, 11) is 0. The SMILES string of the molecule is CC1(C)c2ccccc2-c2nc(-c3ccc(-c4nc5ccccc5n4-c4ccccc4)cc3)nc(-c3ccc(-c4cccc5c4sc4ccccc45)cc3)c21.CC1(C)c2ccccc2-c2nc(-c3ccc(-c4nc5ccccc5s4)cc3)nc(-c3ccc(-c4cccc5c4sc4ccccc45)cc3)c21. The molecule has 0 spiro atoms. The van der Waals surface area contributed by atoms with Crippen molar-refractivity contribution in [3.63, 3.8) is 0 Å². The fraction of sp³-hybridized carbons (Fsp3) is 0.0638. The van der Waals surface area contributed by atoms with Crippen LogP contribution in [0.25, 0.3) is 179 Å². The first-order chi connectivity index (χ1) is 51.1. The van der Waals surface area contributed by atoms with E-state index in [9.17, 15) is 0 Å². The van der Waals surface area contributed by atoms with Crippen LogP contribution < -0.4 is 0 Å². The molecule has 0 aliphatic heterocycles. The Morgan fingerprint density at radius 1 is 0.269 bits per heavy atom. The fourth-order valence-electron chi connectivity index (χ4n) is 16.1. The molecular weight excluding hydrogens is 1320 g/mol. The second-order valence-electron chi connectivity index (χ2n) is 28.0. The molecule has 0 amide bonds. The zero-order chi connectivity index (χ0) is 69.4. The second-order valence-corrected chi connectivity index (χ2v) is 31.2. The third-order valence-electron chi connectivity index (χ3n) is 21.2. The van der Waals surface area contributed by atoms with E-state index in [2.05, 4.69) is 323 Å². The van der Waals surface area contributed by atoms with Gasteiger partial charge in [-0.2, -0.15) is 0 Å². The molecule has 10 heteroatoms. The van der Waals surface area contributed by atoms with E-state index in [1.165, 1.54) is 101 Å². The van der Waals surface area contributed by atoms with E-state index in [1.54, 1.807) is 11.3 Å². The summed E-state index contributed by atoms with van der Waals surface area (Å²) in [5.74, 6) is 2.34. The number of thiazole rings is 1. The van der Waals surface area contributed by atoms with Gasteiger partial charge in [0, 0.05) is 112 Å². The lowest BCUT2D eigenvalue weighted by atomic mass is 9.80. The predicted molar refractivity (Wildman–Crippen MR) is 436 cm³/mol. The molecule has 6 aromatic heterocycles. The van der Waals surface area contributed by atoms with Gasteiger partial charge in [0.15, 0.2) is 11.6 Å². The van der Waals surface area contributed by atoms with Crippen LogP contribution in [0.5, 0.6) is 0 Å². The van der Waals surface area contributed by atoms with Crippen LogP contribution in [0.2, 0.25) is 0 Å². The predicted octanol–water partition coefficient (Wildman–Crippen LogP) is 25.6. The van der Waals surface area contributed by atoms with E-state index in [0.29, 0.717) is 5.82 Å². The third kappa shape index (κ3) is 10.0. The molecule has 0 fully saturated rings. The van der Waals surface area contributed by atoms with Gasteiger partial charge in [-0.05, 0) is 81.9 Å². The molecule has 492 valence electrons. The molecule has 6 heterocycles. The first-order valence-corrected chi connectivity index (χ1v) is 37.7. The van der Waals surface area contributed by atoms with E-state index in [0.717, 1.165) is 95.1 Å². The summed E-state index contributed by atoms with van der Waals surface area (Å²) in [4.78, 5) is 31.4. The molecule has 7 nitrogen and oxygen atoms in total. The van der Waals surface area contributed by atoms with E-state index >= 15 is 0 Å². The van der Waals surface area contributed by atoms with Crippen molar-refractivity contribution < 1.29 is 0 Å². The number of hydrogen-bond donors (Lipinski definition) is 0. The molecule has 0 radical (unpaired) electrons. The van der Waals surface area contributed by atoms with Crippen molar-refractivity contribution >= 4 is 95.6 Å². The first kappa shape index (κ1) is 61.7. The fourth-order valence-corrected chi connectivity index (χ4v) is 19.5. The Hall–Kier alpha value is -12.2. The molecule has 2 aliphatic carbocycles.